The Morgan fingerprint density at radius 1 is 1.00 bits per heavy atom. The van der Waals surface area contributed by atoms with Gasteiger partial charge in [0.05, 0.1) is 21.3 Å². The Morgan fingerprint density at radius 2 is 1.71 bits per heavy atom. The highest BCUT2D eigenvalue weighted by Gasteiger charge is 2.33. The zero-order valence-corrected chi connectivity index (χ0v) is 22.4. The molecule has 3 aromatic rings. The lowest BCUT2D eigenvalue weighted by atomic mass is 10.1. The Hall–Kier alpha value is -2.56. The number of anilines is 1. The molecule has 3 aromatic carbocycles. The maximum atomic E-state index is 13.0. The topological polar surface area (TPSA) is 48.0 Å². The number of para-hydroxylation sites is 2. The van der Waals surface area contributed by atoms with Gasteiger partial charge in [-0.3, -0.25) is 9.69 Å². The number of hydrogen-bond donors (Lipinski definition) is 0. The number of thiocarbonyl (C=S) groups is 1. The van der Waals surface area contributed by atoms with Crippen LogP contribution in [0.4, 0.5) is 5.69 Å². The van der Waals surface area contributed by atoms with Gasteiger partial charge in [-0.1, -0.05) is 60.4 Å². The van der Waals surface area contributed by atoms with Crippen molar-refractivity contribution in [3.05, 3.63) is 86.3 Å². The van der Waals surface area contributed by atoms with Gasteiger partial charge in [0, 0.05) is 0 Å². The van der Waals surface area contributed by atoms with Gasteiger partial charge in [-0.25, -0.2) is 0 Å². The van der Waals surface area contributed by atoms with Gasteiger partial charge in [-0.15, -0.1) is 0 Å². The monoisotopic (exact) mass is 603 g/mol. The zero-order chi connectivity index (χ0) is 24.1. The van der Waals surface area contributed by atoms with Crippen LogP contribution in [0.2, 0.25) is 0 Å². The summed E-state index contributed by atoms with van der Waals surface area (Å²) in [6, 6.07) is 21.1. The van der Waals surface area contributed by atoms with E-state index in [2.05, 4.69) is 22.6 Å². The maximum absolute atomic E-state index is 13.0. The third-order valence-electron chi connectivity index (χ3n) is 5.04. The number of halogens is 1. The van der Waals surface area contributed by atoms with E-state index in [0.717, 1.165) is 26.1 Å². The summed E-state index contributed by atoms with van der Waals surface area (Å²) in [5.41, 5.74) is 2.67. The van der Waals surface area contributed by atoms with Crippen LogP contribution in [0.1, 0.15) is 11.1 Å². The molecule has 1 aliphatic heterocycles. The number of benzene rings is 3. The molecule has 1 saturated heterocycles. The van der Waals surface area contributed by atoms with Crippen LogP contribution < -0.4 is 19.1 Å². The van der Waals surface area contributed by atoms with Crippen molar-refractivity contribution in [1.82, 2.24) is 0 Å². The number of thioether (sulfide) groups is 1. The fourth-order valence-electron chi connectivity index (χ4n) is 3.40. The quantitative estimate of drug-likeness (QED) is 0.127. The molecule has 0 unspecified atom stereocenters. The molecule has 5 nitrogen and oxygen atoms in total. The minimum Gasteiger partial charge on any atom is -0.493 e. The molecule has 0 radical (unpaired) electrons. The molecule has 0 saturated carbocycles. The Kier molecular flexibility index (Phi) is 8.12. The summed E-state index contributed by atoms with van der Waals surface area (Å²) in [4.78, 5) is 15.1. The predicted octanol–water partition coefficient (Wildman–Crippen LogP) is 6.47. The largest absolute Gasteiger partial charge is 0.493 e. The Labute approximate surface area is 222 Å². The lowest BCUT2D eigenvalue weighted by Gasteiger charge is -2.15. The highest BCUT2D eigenvalue weighted by atomic mass is 127. The van der Waals surface area contributed by atoms with Crippen LogP contribution in [-0.4, -0.2) is 30.6 Å². The molecule has 174 valence electrons. The van der Waals surface area contributed by atoms with Gasteiger partial charge in [0.15, 0.2) is 15.8 Å². The number of nitrogens with zero attached hydrogens (tertiary/aromatic N) is 1. The third kappa shape index (κ3) is 5.56. The number of ether oxygens (including phenoxy) is 3. The van der Waals surface area contributed by atoms with E-state index < -0.39 is 0 Å². The van der Waals surface area contributed by atoms with Gasteiger partial charge in [-0.2, -0.15) is 0 Å². The number of hydrogen-bond acceptors (Lipinski definition) is 6. The van der Waals surface area contributed by atoms with E-state index in [1.807, 2.05) is 79.7 Å². The lowest BCUT2D eigenvalue weighted by Crippen LogP contribution is -2.27. The molecule has 4 rings (SSSR count). The van der Waals surface area contributed by atoms with Crippen molar-refractivity contribution in [2.24, 2.45) is 0 Å². The number of amides is 1. The Bertz CT molecular complexity index is 1250. The smallest absolute Gasteiger partial charge is 0.270 e. The Balaban J connectivity index is 1.47. The number of aryl methyl sites for hydroxylation is 1. The summed E-state index contributed by atoms with van der Waals surface area (Å²) >= 11 is 8.96. The second-order valence-corrected chi connectivity index (χ2v) is 10.2. The van der Waals surface area contributed by atoms with Gasteiger partial charge >= 0.3 is 0 Å². The van der Waals surface area contributed by atoms with Crippen LogP contribution in [0.15, 0.2) is 71.6 Å². The SMILES string of the molecule is COc1cc(/C=C2\SC(=S)N(c3ccccc3)C2=O)cc(I)c1OCCOc1ccccc1C. The number of methoxy groups -OCH3 is 1. The third-order valence-corrected chi connectivity index (χ3v) is 7.14. The van der Waals surface area contributed by atoms with E-state index in [9.17, 15) is 4.79 Å². The molecule has 34 heavy (non-hydrogen) atoms. The summed E-state index contributed by atoms with van der Waals surface area (Å²) < 4.78 is 18.8. The van der Waals surface area contributed by atoms with Gasteiger partial charge in [-0.05, 0) is 77.0 Å². The van der Waals surface area contributed by atoms with E-state index in [1.54, 1.807) is 12.0 Å². The van der Waals surface area contributed by atoms with Crippen LogP contribution in [0.5, 0.6) is 17.2 Å². The molecule has 0 aliphatic carbocycles. The van der Waals surface area contributed by atoms with Gasteiger partial charge in [0.2, 0.25) is 0 Å². The lowest BCUT2D eigenvalue weighted by molar-refractivity contribution is -0.113. The van der Waals surface area contributed by atoms with Crippen LogP contribution in [0, 0.1) is 10.5 Å². The first-order valence-corrected chi connectivity index (χ1v) is 12.8. The second-order valence-electron chi connectivity index (χ2n) is 7.35. The number of rotatable bonds is 8. The minimum absolute atomic E-state index is 0.135. The first-order valence-electron chi connectivity index (χ1n) is 10.5. The van der Waals surface area contributed by atoms with Gasteiger partial charge in [0.25, 0.3) is 5.91 Å². The molecule has 1 aliphatic rings. The first-order chi connectivity index (χ1) is 16.5. The summed E-state index contributed by atoms with van der Waals surface area (Å²) in [6.07, 6.45) is 1.83. The van der Waals surface area contributed by atoms with Crippen molar-refractivity contribution in [2.45, 2.75) is 6.92 Å². The van der Waals surface area contributed by atoms with E-state index >= 15 is 0 Å². The molecule has 0 bridgehead atoms. The number of carbonyl (C=O) groups is 1. The summed E-state index contributed by atoms with van der Waals surface area (Å²) in [5.74, 6) is 1.94. The molecular formula is C26H22INO4S2. The predicted molar refractivity (Wildman–Crippen MR) is 150 cm³/mol. The van der Waals surface area contributed by atoms with Crippen LogP contribution in [0.25, 0.3) is 6.08 Å². The standard InChI is InChI=1S/C26H22INO4S2/c1-17-8-6-7-11-21(17)31-12-13-32-24-20(27)14-18(15-22(24)30-2)16-23-25(29)28(26(33)34-23)19-9-4-3-5-10-19/h3-11,14-16H,12-13H2,1-2H3/b23-16-. The van der Waals surface area contributed by atoms with Gasteiger partial charge in [0.1, 0.15) is 19.0 Å². The van der Waals surface area contributed by atoms with E-state index in [0.29, 0.717) is 33.9 Å². The normalized spacial score (nSPS) is 14.6. The van der Waals surface area contributed by atoms with E-state index in [-0.39, 0.29) is 5.91 Å². The Morgan fingerprint density at radius 3 is 2.44 bits per heavy atom. The molecule has 0 aromatic heterocycles. The highest BCUT2D eigenvalue weighted by molar-refractivity contribution is 14.1. The van der Waals surface area contributed by atoms with Crippen molar-refractivity contribution in [3.63, 3.8) is 0 Å². The average Bonchev–Trinajstić information content (AvgIpc) is 3.11. The first kappa shape index (κ1) is 24.6. The van der Waals surface area contributed by atoms with Crippen molar-refractivity contribution in [2.75, 3.05) is 25.2 Å². The van der Waals surface area contributed by atoms with Crippen LogP contribution in [0.3, 0.4) is 0 Å². The molecule has 0 spiro atoms. The molecule has 0 N–H and O–H groups in total. The average molecular weight is 604 g/mol. The maximum Gasteiger partial charge on any atom is 0.270 e. The van der Waals surface area contributed by atoms with Crippen molar-refractivity contribution >= 4 is 68.6 Å². The fraction of sp³-hybridized carbons (Fsp3) is 0.154. The van der Waals surface area contributed by atoms with Crippen molar-refractivity contribution < 1.29 is 19.0 Å². The summed E-state index contributed by atoms with van der Waals surface area (Å²) in [6.45, 7) is 2.79. The molecular weight excluding hydrogens is 581 g/mol. The van der Waals surface area contributed by atoms with Crippen LogP contribution in [-0.2, 0) is 4.79 Å². The molecule has 1 fully saturated rings. The zero-order valence-electron chi connectivity index (χ0n) is 18.6. The van der Waals surface area contributed by atoms with Gasteiger partial charge < -0.3 is 14.2 Å². The van der Waals surface area contributed by atoms with E-state index in [1.165, 1.54) is 11.8 Å². The fourth-order valence-corrected chi connectivity index (χ4v) is 5.48. The number of carbonyl (C=O) groups excluding carboxylic acids is 1. The molecule has 1 heterocycles. The molecule has 0 atom stereocenters. The van der Waals surface area contributed by atoms with Crippen LogP contribution >= 0.6 is 46.6 Å². The molecule has 8 heteroatoms. The summed E-state index contributed by atoms with van der Waals surface area (Å²) in [7, 11) is 1.60. The van der Waals surface area contributed by atoms with Crippen molar-refractivity contribution in [1.29, 1.82) is 0 Å². The van der Waals surface area contributed by atoms with Crippen molar-refractivity contribution in [3.8, 4) is 17.2 Å². The summed E-state index contributed by atoms with van der Waals surface area (Å²) in [5, 5.41) is 0. The van der Waals surface area contributed by atoms with E-state index in [4.69, 9.17) is 26.4 Å². The second kappa shape index (κ2) is 11.2. The highest BCUT2D eigenvalue weighted by Crippen LogP contribution is 2.38. The minimum atomic E-state index is -0.135. The molecule has 1 amide bonds.